The van der Waals surface area contributed by atoms with E-state index in [-0.39, 0.29) is 17.4 Å². The van der Waals surface area contributed by atoms with Crippen LogP contribution < -0.4 is 9.47 Å². The molecule has 1 aromatic heterocycles. The normalized spacial score (nSPS) is 13.2. The summed E-state index contributed by atoms with van der Waals surface area (Å²) < 4.78 is 11.1. The fourth-order valence-corrected chi connectivity index (χ4v) is 2.26. The fraction of sp³-hybridized carbons (Fsp3) is 0.357. The summed E-state index contributed by atoms with van der Waals surface area (Å²) in [6.45, 7) is 4.49. The summed E-state index contributed by atoms with van der Waals surface area (Å²) in [5.41, 5.74) is 1.98. The summed E-state index contributed by atoms with van der Waals surface area (Å²) >= 11 is 5.95. The molecule has 0 fully saturated rings. The molecule has 20 heavy (non-hydrogen) atoms. The monoisotopic (exact) mass is 291 g/mol. The number of ether oxygens (including phenoxy) is 2. The number of fused-ring (bicyclic) bond motifs is 1. The van der Waals surface area contributed by atoms with Gasteiger partial charge >= 0.3 is 6.01 Å². The smallest absolute Gasteiger partial charge is 0.321 e. The lowest BCUT2D eigenvalue weighted by molar-refractivity contribution is 0.222. The van der Waals surface area contributed by atoms with Crippen LogP contribution in [0.5, 0.6) is 11.8 Å². The Bertz CT molecular complexity index is 646. The maximum Gasteiger partial charge on any atom is 0.321 e. The molecule has 2 aromatic rings. The minimum absolute atomic E-state index is 0.0287. The van der Waals surface area contributed by atoms with Crippen LogP contribution in [0.4, 0.5) is 0 Å². The number of benzene rings is 1. The maximum absolute atomic E-state index is 5.95. The van der Waals surface area contributed by atoms with Crippen LogP contribution in [0.3, 0.4) is 0 Å². The van der Waals surface area contributed by atoms with Crippen LogP contribution in [-0.2, 0) is 6.42 Å². The van der Waals surface area contributed by atoms with Crippen molar-refractivity contribution in [3.05, 3.63) is 29.0 Å². The number of hydrogen-bond donors (Lipinski definition) is 0. The van der Waals surface area contributed by atoms with E-state index in [1.165, 1.54) is 0 Å². The van der Waals surface area contributed by atoms with Crippen molar-refractivity contribution in [3.8, 4) is 23.1 Å². The molecule has 3 rings (SSSR count). The Morgan fingerprint density at radius 3 is 2.90 bits per heavy atom. The van der Waals surface area contributed by atoms with Crippen molar-refractivity contribution in [2.75, 3.05) is 6.61 Å². The molecule has 0 aliphatic carbocycles. The number of aromatic nitrogens is 3. The van der Waals surface area contributed by atoms with E-state index in [4.69, 9.17) is 21.1 Å². The van der Waals surface area contributed by atoms with Crippen molar-refractivity contribution in [1.82, 2.24) is 15.0 Å². The highest BCUT2D eigenvalue weighted by molar-refractivity contribution is 6.28. The molecular formula is C14H14ClN3O2. The molecule has 2 heterocycles. The second kappa shape index (κ2) is 5.25. The number of para-hydroxylation sites is 1. The van der Waals surface area contributed by atoms with Crippen molar-refractivity contribution in [2.24, 2.45) is 0 Å². The molecule has 0 unspecified atom stereocenters. The van der Waals surface area contributed by atoms with Gasteiger partial charge in [-0.1, -0.05) is 12.1 Å². The fourth-order valence-electron chi connectivity index (χ4n) is 2.11. The third-order valence-corrected chi connectivity index (χ3v) is 3.05. The lowest BCUT2D eigenvalue weighted by atomic mass is 10.1. The molecule has 1 aliphatic rings. The van der Waals surface area contributed by atoms with E-state index < -0.39 is 0 Å². The molecule has 0 atom stereocenters. The Kier molecular flexibility index (Phi) is 3.44. The summed E-state index contributed by atoms with van der Waals surface area (Å²) in [6.07, 6.45) is 0.871. The van der Waals surface area contributed by atoms with Gasteiger partial charge < -0.3 is 9.47 Å². The highest BCUT2D eigenvalue weighted by Gasteiger charge is 2.20. The van der Waals surface area contributed by atoms with E-state index in [0.29, 0.717) is 12.4 Å². The molecule has 0 radical (unpaired) electrons. The summed E-state index contributed by atoms with van der Waals surface area (Å²) in [4.78, 5) is 12.5. The maximum atomic E-state index is 5.95. The van der Waals surface area contributed by atoms with Gasteiger partial charge in [0.15, 0.2) is 5.82 Å². The van der Waals surface area contributed by atoms with E-state index in [0.717, 1.165) is 23.3 Å². The number of halogens is 1. The number of nitrogens with zero attached hydrogens (tertiary/aromatic N) is 3. The van der Waals surface area contributed by atoms with Gasteiger partial charge in [0.2, 0.25) is 5.28 Å². The van der Waals surface area contributed by atoms with Crippen molar-refractivity contribution in [3.63, 3.8) is 0 Å². The summed E-state index contributed by atoms with van der Waals surface area (Å²) in [6, 6.07) is 6.14. The Morgan fingerprint density at radius 1 is 1.25 bits per heavy atom. The largest absolute Gasteiger partial charge is 0.492 e. The second-order valence-corrected chi connectivity index (χ2v) is 5.11. The Morgan fingerprint density at radius 2 is 2.10 bits per heavy atom. The van der Waals surface area contributed by atoms with Crippen LogP contribution in [0, 0.1) is 0 Å². The third kappa shape index (κ3) is 2.54. The lowest BCUT2D eigenvalue weighted by Crippen LogP contribution is -2.09. The zero-order chi connectivity index (χ0) is 14.1. The van der Waals surface area contributed by atoms with E-state index in [1.54, 1.807) is 0 Å². The van der Waals surface area contributed by atoms with Gasteiger partial charge in [-0.2, -0.15) is 15.0 Å². The van der Waals surface area contributed by atoms with Crippen molar-refractivity contribution in [2.45, 2.75) is 26.4 Å². The first kappa shape index (κ1) is 13.1. The first-order chi connectivity index (χ1) is 9.63. The summed E-state index contributed by atoms with van der Waals surface area (Å²) in [5.74, 6) is 1.30. The molecule has 1 aromatic carbocycles. The molecule has 0 amide bonds. The molecule has 0 N–H and O–H groups in total. The number of rotatable bonds is 3. The molecule has 0 saturated heterocycles. The van der Waals surface area contributed by atoms with Crippen LogP contribution in [0.2, 0.25) is 5.28 Å². The average molecular weight is 292 g/mol. The molecule has 5 nitrogen and oxygen atoms in total. The topological polar surface area (TPSA) is 57.1 Å². The highest BCUT2D eigenvalue weighted by Crippen LogP contribution is 2.35. The van der Waals surface area contributed by atoms with E-state index >= 15 is 0 Å². The van der Waals surface area contributed by atoms with Crippen LogP contribution in [0.1, 0.15) is 19.4 Å². The second-order valence-electron chi connectivity index (χ2n) is 4.77. The van der Waals surface area contributed by atoms with Gasteiger partial charge in [0.1, 0.15) is 5.75 Å². The van der Waals surface area contributed by atoms with Crippen molar-refractivity contribution < 1.29 is 9.47 Å². The molecule has 0 spiro atoms. The van der Waals surface area contributed by atoms with E-state index in [9.17, 15) is 0 Å². The zero-order valence-electron chi connectivity index (χ0n) is 11.3. The van der Waals surface area contributed by atoms with Gasteiger partial charge in [-0.25, -0.2) is 0 Å². The molecule has 0 saturated carbocycles. The van der Waals surface area contributed by atoms with Gasteiger partial charge in [0.25, 0.3) is 0 Å². The quantitative estimate of drug-likeness (QED) is 0.870. The van der Waals surface area contributed by atoms with E-state index in [2.05, 4.69) is 15.0 Å². The van der Waals surface area contributed by atoms with Crippen LogP contribution in [-0.4, -0.2) is 27.7 Å². The van der Waals surface area contributed by atoms with Crippen LogP contribution >= 0.6 is 11.6 Å². The van der Waals surface area contributed by atoms with Gasteiger partial charge in [-0.05, 0) is 37.1 Å². The minimum atomic E-state index is -0.0287. The van der Waals surface area contributed by atoms with E-state index in [1.807, 2.05) is 32.0 Å². The van der Waals surface area contributed by atoms with Gasteiger partial charge in [0.05, 0.1) is 18.3 Å². The summed E-state index contributed by atoms with van der Waals surface area (Å²) in [5, 5.41) is 0.112. The van der Waals surface area contributed by atoms with Gasteiger partial charge in [0, 0.05) is 6.42 Å². The first-order valence-corrected chi connectivity index (χ1v) is 6.84. The molecule has 1 aliphatic heterocycles. The van der Waals surface area contributed by atoms with Crippen molar-refractivity contribution >= 4 is 11.6 Å². The first-order valence-electron chi connectivity index (χ1n) is 6.47. The SMILES string of the molecule is CC(C)Oc1nc(Cl)nc(-c2cccc3c2OCC3)n1. The molecular weight excluding hydrogens is 278 g/mol. The van der Waals surface area contributed by atoms with Crippen LogP contribution in [0.25, 0.3) is 11.4 Å². The Hall–Kier alpha value is -1.88. The predicted molar refractivity (Wildman–Crippen MR) is 75.2 cm³/mol. The molecule has 104 valence electrons. The Balaban J connectivity index is 2.06. The molecule has 6 heteroatoms. The predicted octanol–water partition coefficient (Wildman–Crippen LogP) is 2.91. The zero-order valence-corrected chi connectivity index (χ0v) is 12.0. The highest BCUT2D eigenvalue weighted by atomic mass is 35.5. The lowest BCUT2D eigenvalue weighted by Gasteiger charge is -2.10. The van der Waals surface area contributed by atoms with Gasteiger partial charge in [-0.15, -0.1) is 0 Å². The number of hydrogen-bond acceptors (Lipinski definition) is 5. The third-order valence-electron chi connectivity index (χ3n) is 2.88. The van der Waals surface area contributed by atoms with Gasteiger partial charge in [-0.3, -0.25) is 0 Å². The summed E-state index contributed by atoms with van der Waals surface area (Å²) in [7, 11) is 0. The van der Waals surface area contributed by atoms with Crippen LogP contribution in [0.15, 0.2) is 18.2 Å². The average Bonchev–Trinajstić information content (AvgIpc) is 2.84. The van der Waals surface area contributed by atoms with Crippen molar-refractivity contribution in [1.29, 1.82) is 0 Å². The standard InChI is InChI=1S/C14H14ClN3O2/c1-8(2)20-14-17-12(16-13(15)18-14)10-5-3-4-9-6-7-19-11(9)10/h3-5,8H,6-7H2,1-2H3. The minimum Gasteiger partial charge on any atom is -0.492 e. The Labute approximate surface area is 121 Å². The molecule has 0 bridgehead atoms.